The molecule has 0 fully saturated rings. The molecule has 60 valence electrons. The fourth-order valence-corrected chi connectivity index (χ4v) is 0. The van der Waals surface area contributed by atoms with Crippen molar-refractivity contribution in [1.82, 2.24) is 10.6 Å². The standard InChI is InChI=1S/2C3H7NO/c2*1-3(5)4-2/h2*1-2H3,(H,4,5)/i/hD. The maximum atomic E-state index is 9.88. The van der Waals surface area contributed by atoms with Gasteiger partial charge in [-0.1, -0.05) is 0 Å². The molecule has 0 aromatic rings. The molecule has 0 saturated carbocycles. The van der Waals surface area contributed by atoms with E-state index in [9.17, 15) is 9.59 Å². The molecule has 0 aromatic heterocycles. The van der Waals surface area contributed by atoms with E-state index in [0.29, 0.717) is 0 Å². The average Bonchev–Trinajstić information content (AvgIpc) is 1.89. The highest BCUT2D eigenvalue weighted by Gasteiger charge is 1.73. The lowest BCUT2D eigenvalue weighted by Crippen LogP contribution is -2.11. The average molecular weight is 147 g/mol. The number of rotatable bonds is 0. The van der Waals surface area contributed by atoms with Crippen molar-refractivity contribution in [3.63, 3.8) is 0 Å². The third-order valence-electron chi connectivity index (χ3n) is 0.667. The molecule has 0 aliphatic rings. The molecular weight excluding hydrogens is 132 g/mol. The maximum Gasteiger partial charge on any atom is 0.216 e. The predicted octanol–water partition coefficient (Wildman–Crippen LogP) is -0.495. The summed E-state index contributed by atoms with van der Waals surface area (Å²) in [5.74, 6) is -0.236. The molecule has 0 heterocycles. The van der Waals surface area contributed by atoms with Gasteiger partial charge >= 0.3 is 0 Å². The summed E-state index contributed by atoms with van der Waals surface area (Å²) in [4.78, 5) is 19.6. The largest absolute Gasteiger partial charge is 0.359 e. The molecule has 0 bridgehead atoms. The van der Waals surface area contributed by atoms with Crippen molar-refractivity contribution in [3.8, 4) is 0 Å². The van der Waals surface area contributed by atoms with Crippen LogP contribution in [0.25, 0.3) is 0 Å². The maximum absolute atomic E-state index is 9.88. The molecule has 0 aromatic carbocycles. The normalized spacial score (nSPS) is 8.20. The van der Waals surface area contributed by atoms with Gasteiger partial charge in [0.1, 0.15) is 0 Å². The second-order valence-electron chi connectivity index (χ2n) is 1.55. The fourth-order valence-electron chi connectivity index (χ4n) is 0. The Balaban J connectivity index is 0. The lowest BCUT2D eigenvalue weighted by molar-refractivity contribution is -0.119. The molecule has 10 heavy (non-hydrogen) atoms. The first-order valence-electron chi connectivity index (χ1n) is 3.28. The summed E-state index contributed by atoms with van der Waals surface area (Å²) in [6, 6.07) is 0. The lowest BCUT2D eigenvalue weighted by atomic mass is 10.7. The fraction of sp³-hybridized carbons (Fsp3) is 0.667. The van der Waals surface area contributed by atoms with Gasteiger partial charge in [0.05, 0.1) is 0 Å². The van der Waals surface area contributed by atoms with Gasteiger partial charge in [-0.2, -0.15) is 0 Å². The van der Waals surface area contributed by atoms with Crippen molar-refractivity contribution in [2.45, 2.75) is 13.8 Å². The van der Waals surface area contributed by atoms with Crippen molar-refractivity contribution >= 4 is 11.8 Å². The van der Waals surface area contributed by atoms with Gasteiger partial charge in [0.25, 0.3) is 0 Å². The third kappa shape index (κ3) is 28.3. The van der Waals surface area contributed by atoms with Crippen molar-refractivity contribution in [3.05, 3.63) is 0 Å². The number of amides is 2. The van der Waals surface area contributed by atoms with Crippen molar-refractivity contribution in [1.29, 1.82) is 0 Å². The molecule has 0 radical (unpaired) electrons. The highest BCUT2D eigenvalue weighted by atomic mass is 16.1. The second-order valence-corrected chi connectivity index (χ2v) is 1.55. The number of carbonyl (C=O) groups is 2. The van der Waals surface area contributed by atoms with Crippen LogP contribution < -0.4 is 10.6 Å². The van der Waals surface area contributed by atoms with Crippen molar-refractivity contribution in [2.75, 3.05) is 14.1 Å². The van der Waals surface area contributed by atoms with Crippen LogP contribution in [0.5, 0.6) is 0 Å². The highest BCUT2D eigenvalue weighted by molar-refractivity contribution is 5.72. The van der Waals surface area contributed by atoms with E-state index in [2.05, 4.69) is 5.32 Å². The van der Waals surface area contributed by atoms with Gasteiger partial charge in [0.15, 0.2) is 1.41 Å². The molecule has 2 N–H and O–H groups in total. The molecule has 2 amide bonds. The van der Waals surface area contributed by atoms with Crippen LogP contribution in [0, 0.1) is 0 Å². The zero-order chi connectivity index (χ0) is 9.44. The monoisotopic (exact) mass is 147 g/mol. The molecule has 4 heteroatoms. The first-order chi connectivity index (χ1) is 4.91. The van der Waals surface area contributed by atoms with E-state index in [0.717, 1.165) is 5.31 Å². The van der Waals surface area contributed by atoms with Crippen molar-refractivity contribution in [2.24, 2.45) is 0 Å². The summed E-state index contributed by atoms with van der Waals surface area (Å²) >= 11 is 0. The van der Waals surface area contributed by atoms with Crippen LogP contribution in [-0.4, -0.2) is 25.9 Å². The van der Waals surface area contributed by atoms with E-state index in [1.807, 2.05) is 0 Å². The third-order valence-corrected chi connectivity index (χ3v) is 0.667. The van der Waals surface area contributed by atoms with Gasteiger partial charge in [-0.25, -0.2) is 0 Å². The minimum atomic E-state index is -0.241. The predicted molar refractivity (Wildman–Crippen MR) is 39.5 cm³/mol. The van der Waals surface area contributed by atoms with Gasteiger partial charge in [-0.15, -0.1) is 0 Å². The molecular formula is C6H14N2O2. The van der Waals surface area contributed by atoms with Crippen LogP contribution in [0.2, 0.25) is 1.41 Å². The van der Waals surface area contributed by atoms with Gasteiger partial charge in [0, 0.05) is 27.9 Å². The van der Waals surface area contributed by atoms with Crippen LogP contribution in [0.4, 0.5) is 0 Å². The van der Waals surface area contributed by atoms with Gasteiger partial charge in [-0.05, 0) is 0 Å². The SMILES string of the molecule is CNC(C)=O.[2H]N(C)C(C)=O. The zero-order valence-corrected chi connectivity index (χ0v) is 6.76. The Kier molecular flexibility index (Phi) is 7.10. The van der Waals surface area contributed by atoms with Crippen LogP contribution in [0.3, 0.4) is 0 Å². The van der Waals surface area contributed by atoms with Gasteiger partial charge < -0.3 is 10.6 Å². The van der Waals surface area contributed by atoms with Gasteiger partial charge in [-0.3, -0.25) is 9.59 Å². The topological polar surface area (TPSA) is 58.2 Å². The number of hydrogen-bond donors (Lipinski definition) is 2. The molecule has 0 spiro atoms. The first-order valence-corrected chi connectivity index (χ1v) is 2.83. The lowest BCUT2D eigenvalue weighted by Gasteiger charge is -1.80. The van der Waals surface area contributed by atoms with Crippen LogP contribution in [0.15, 0.2) is 0 Å². The molecule has 0 unspecified atom stereocenters. The number of nitrogens with one attached hydrogen (secondary N) is 2. The molecule has 4 nitrogen and oxygen atoms in total. The molecule has 0 saturated heterocycles. The van der Waals surface area contributed by atoms with E-state index < -0.39 is 0 Å². The van der Waals surface area contributed by atoms with E-state index in [4.69, 9.17) is 1.41 Å². The summed E-state index contributed by atoms with van der Waals surface area (Å²) in [6.07, 6.45) is 0. The highest BCUT2D eigenvalue weighted by Crippen LogP contribution is 1.45. The summed E-state index contributed by atoms with van der Waals surface area (Å²) in [5.41, 5.74) is 0. The summed E-state index contributed by atoms with van der Waals surface area (Å²) in [7, 11) is 2.99. The Morgan fingerprint density at radius 2 is 1.40 bits per heavy atom. The minimum Gasteiger partial charge on any atom is -0.359 e. The molecule has 0 aliphatic heterocycles. The van der Waals surface area contributed by atoms with Crippen LogP contribution in [-0.2, 0) is 9.59 Å². The second kappa shape index (κ2) is 7.94. The molecule has 0 atom stereocenters. The quantitative estimate of drug-likeness (QED) is 0.485. The van der Waals surface area contributed by atoms with E-state index >= 15 is 0 Å². The zero-order valence-electron chi connectivity index (χ0n) is 7.76. The Bertz CT molecular complexity index is 137. The van der Waals surface area contributed by atoms with Crippen molar-refractivity contribution < 1.29 is 11.0 Å². The number of hydrogen-bond acceptors (Lipinski definition) is 2. The summed E-state index contributed by atoms with van der Waals surface area (Å²) < 4.78 is 6.52. The Labute approximate surface area is 62.5 Å². The first kappa shape index (κ1) is 8.94. The minimum absolute atomic E-state index is 0.00463. The smallest absolute Gasteiger partial charge is 0.216 e. The van der Waals surface area contributed by atoms with Crippen LogP contribution >= 0.6 is 0 Å². The number of carbonyl (C=O) groups excluding carboxylic acids is 2. The molecule has 0 aliphatic carbocycles. The Hall–Kier alpha value is -1.06. The van der Waals surface area contributed by atoms with Crippen LogP contribution in [0.1, 0.15) is 13.8 Å². The summed E-state index contributed by atoms with van der Waals surface area (Å²) in [6.45, 7) is 2.81. The van der Waals surface area contributed by atoms with E-state index in [1.54, 1.807) is 7.05 Å². The summed E-state index contributed by atoms with van der Waals surface area (Å²) in [5, 5.41) is 3.17. The molecule has 0 rings (SSSR count). The Morgan fingerprint density at radius 1 is 1.20 bits per heavy atom. The Morgan fingerprint density at radius 3 is 1.40 bits per heavy atom. The van der Waals surface area contributed by atoms with Gasteiger partial charge in [0.2, 0.25) is 11.8 Å². The van der Waals surface area contributed by atoms with E-state index in [1.165, 1.54) is 20.9 Å². The van der Waals surface area contributed by atoms with E-state index in [-0.39, 0.29) is 11.8 Å².